The van der Waals surface area contributed by atoms with E-state index in [0.717, 1.165) is 47.8 Å². The zero-order chi connectivity index (χ0) is 26.1. The van der Waals surface area contributed by atoms with Crippen LogP contribution in [-0.2, 0) is 6.54 Å². The van der Waals surface area contributed by atoms with E-state index >= 15 is 0 Å². The van der Waals surface area contributed by atoms with Crippen LogP contribution in [-0.4, -0.2) is 51.3 Å². The van der Waals surface area contributed by atoms with Gasteiger partial charge in [0.2, 0.25) is 0 Å². The third-order valence-corrected chi connectivity index (χ3v) is 7.27. The Bertz CT molecular complexity index is 1570. The van der Waals surface area contributed by atoms with Gasteiger partial charge in [-0.2, -0.15) is 0 Å². The van der Waals surface area contributed by atoms with Crippen molar-refractivity contribution in [2.45, 2.75) is 13.5 Å². The Labute approximate surface area is 221 Å². The molecule has 0 N–H and O–H groups in total. The minimum Gasteiger partial charge on any atom is -0.336 e. The number of pyridine rings is 1. The lowest BCUT2D eigenvalue weighted by molar-refractivity contribution is 0.0627. The summed E-state index contributed by atoms with van der Waals surface area (Å²) in [5.74, 6) is -0.383. The van der Waals surface area contributed by atoms with Gasteiger partial charge in [-0.1, -0.05) is 60.2 Å². The number of nitrogens with zero attached hydrogens (tertiary/aromatic N) is 4. The average molecular weight is 505 g/mol. The van der Waals surface area contributed by atoms with Gasteiger partial charge in [0.05, 0.1) is 11.4 Å². The van der Waals surface area contributed by atoms with Crippen LogP contribution in [0.4, 0.5) is 4.39 Å². The van der Waals surface area contributed by atoms with Gasteiger partial charge in [0.15, 0.2) is 0 Å². The normalized spacial score (nSPS) is 14.2. The van der Waals surface area contributed by atoms with Crippen LogP contribution in [0, 0.1) is 12.7 Å². The fourth-order valence-corrected chi connectivity index (χ4v) is 5.08. The molecule has 6 rings (SSSR count). The lowest BCUT2D eigenvalue weighted by Crippen LogP contribution is -2.48. The first-order chi connectivity index (χ1) is 18.5. The maximum atomic E-state index is 13.3. The predicted octanol–water partition coefficient (Wildman–Crippen LogP) is 6.07. The summed E-state index contributed by atoms with van der Waals surface area (Å²) in [6.45, 7) is 5.58. The van der Waals surface area contributed by atoms with Crippen molar-refractivity contribution in [3.05, 3.63) is 120 Å². The lowest BCUT2D eigenvalue weighted by atomic mass is 10.1. The standard InChI is InChI=1S/C32H29FN4O/c1-23-7-9-25(10-8-23)31-29(37-21-27(13-16-30(37)34-31)24-5-3-2-4-6-24)22-35-17-19-36(20-18-35)32(38)26-11-14-28(33)15-12-26/h2-16,21H,17-20,22H2,1H3. The Morgan fingerprint density at radius 2 is 1.47 bits per heavy atom. The summed E-state index contributed by atoms with van der Waals surface area (Å²) < 4.78 is 15.5. The molecule has 0 aliphatic carbocycles. The third-order valence-electron chi connectivity index (χ3n) is 7.27. The van der Waals surface area contributed by atoms with E-state index in [1.807, 2.05) is 11.0 Å². The van der Waals surface area contributed by atoms with Crippen LogP contribution in [0.1, 0.15) is 21.6 Å². The van der Waals surface area contributed by atoms with E-state index in [2.05, 4.69) is 83.1 Å². The molecule has 1 amide bonds. The number of benzene rings is 3. The van der Waals surface area contributed by atoms with Crippen LogP contribution in [0.2, 0.25) is 0 Å². The predicted molar refractivity (Wildman–Crippen MR) is 148 cm³/mol. The molecule has 2 aromatic heterocycles. The Kier molecular flexibility index (Phi) is 6.48. The van der Waals surface area contributed by atoms with Crippen LogP contribution in [0.15, 0.2) is 97.2 Å². The highest BCUT2D eigenvalue weighted by Crippen LogP contribution is 2.29. The first-order valence-corrected chi connectivity index (χ1v) is 13.0. The molecule has 1 saturated heterocycles. The van der Waals surface area contributed by atoms with E-state index in [4.69, 9.17) is 4.98 Å². The fourth-order valence-electron chi connectivity index (χ4n) is 5.08. The zero-order valence-corrected chi connectivity index (χ0v) is 21.3. The molecule has 0 radical (unpaired) electrons. The third kappa shape index (κ3) is 4.83. The number of imidazole rings is 1. The van der Waals surface area contributed by atoms with Gasteiger partial charge in [-0.3, -0.25) is 9.69 Å². The minimum atomic E-state index is -0.334. The topological polar surface area (TPSA) is 40.9 Å². The molecule has 5 nitrogen and oxygen atoms in total. The summed E-state index contributed by atoms with van der Waals surface area (Å²) >= 11 is 0. The molecular weight excluding hydrogens is 475 g/mol. The van der Waals surface area contributed by atoms with Gasteiger partial charge in [0.25, 0.3) is 5.91 Å². The van der Waals surface area contributed by atoms with Crippen LogP contribution in [0.3, 0.4) is 0 Å². The van der Waals surface area contributed by atoms with E-state index in [1.165, 1.54) is 23.3 Å². The summed E-state index contributed by atoms with van der Waals surface area (Å²) in [6.07, 6.45) is 2.18. The summed E-state index contributed by atoms with van der Waals surface area (Å²) in [5, 5.41) is 0. The first kappa shape index (κ1) is 24.1. The van der Waals surface area contributed by atoms with Crippen molar-refractivity contribution in [1.82, 2.24) is 19.2 Å². The van der Waals surface area contributed by atoms with Crippen molar-refractivity contribution in [2.75, 3.05) is 26.2 Å². The molecule has 3 heterocycles. The fraction of sp³-hybridized carbons (Fsp3) is 0.188. The molecule has 0 bridgehead atoms. The molecule has 5 aromatic rings. The number of halogens is 1. The number of hydrogen-bond donors (Lipinski definition) is 0. The monoisotopic (exact) mass is 504 g/mol. The van der Waals surface area contributed by atoms with Gasteiger partial charge < -0.3 is 9.30 Å². The van der Waals surface area contributed by atoms with Gasteiger partial charge in [-0.15, -0.1) is 0 Å². The number of hydrogen-bond acceptors (Lipinski definition) is 3. The molecule has 38 heavy (non-hydrogen) atoms. The van der Waals surface area contributed by atoms with E-state index in [9.17, 15) is 9.18 Å². The van der Waals surface area contributed by atoms with Crippen molar-refractivity contribution in [2.24, 2.45) is 0 Å². The molecule has 190 valence electrons. The summed E-state index contributed by atoms with van der Waals surface area (Å²) in [7, 11) is 0. The van der Waals surface area contributed by atoms with E-state index in [0.29, 0.717) is 18.7 Å². The summed E-state index contributed by atoms with van der Waals surface area (Å²) in [5.41, 5.74) is 8.19. The van der Waals surface area contributed by atoms with Crippen LogP contribution in [0.5, 0.6) is 0 Å². The SMILES string of the molecule is Cc1ccc(-c2nc3ccc(-c4ccccc4)cn3c2CN2CCN(C(=O)c3ccc(F)cc3)CC2)cc1. The minimum absolute atomic E-state index is 0.0488. The summed E-state index contributed by atoms with van der Waals surface area (Å²) in [4.78, 5) is 22.2. The van der Waals surface area contributed by atoms with Gasteiger partial charge in [-0.25, -0.2) is 9.37 Å². The van der Waals surface area contributed by atoms with Crippen molar-refractivity contribution in [3.63, 3.8) is 0 Å². The van der Waals surface area contributed by atoms with Crippen LogP contribution in [0.25, 0.3) is 28.0 Å². The molecule has 0 atom stereocenters. The van der Waals surface area contributed by atoms with Crippen molar-refractivity contribution >= 4 is 11.6 Å². The van der Waals surface area contributed by atoms with Crippen LogP contribution < -0.4 is 0 Å². The van der Waals surface area contributed by atoms with Crippen molar-refractivity contribution < 1.29 is 9.18 Å². The molecule has 1 fully saturated rings. The second-order valence-electron chi connectivity index (χ2n) is 9.86. The van der Waals surface area contributed by atoms with E-state index < -0.39 is 0 Å². The van der Waals surface area contributed by atoms with Gasteiger partial charge in [0.1, 0.15) is 11.5 Å². The van der Waals surface area contributed by atoms with Gasteiger partial charge >= 0.3 is 0 Å². The number of piperazine rings is 1. The number of carbonyl (C=O) groups excluding carboxylic acids is 1. The van der Waals surface area contributed by atoms with Gasteiger partial charge in [-0.05, 0) is 54.4 Å². The van der Waals surface area contributed by atoms with Crippen LogP contribution >= 0.6 is 0 Å². The Morgan fingerprint density at radius 3 is 2.18 bits per heavy atom. The Morgan fingerprint density at radius 1 is 0.789 bits per heavy atom. The Balaban J connectivity index is 1.29. The van der Waals surface area contributed by atoms with E-state index in [1.54, 1.807) is 12.1 Å². The number of aromatic nitrogens is 2. The first-order valence-electron chi connectivity index (χ1n) is 13.0. The number of aryl methyl sites for hydroxylation is 1. The zero-order valence-electron chi connectivity index (χ0n) is 21.3. The molecule has 6 heteroatoms. The summed E-state index contributed by atoms with van der Waals surface area (Å²) in [6, 6.07) is 28.9. The highest BCUT2D eigenvalue weighted by Gasteiger charge is 2.24. The van der Waals surface area contributed by atoms with Gasteiger partial charge in [0, 0.05) is 50.0 Å². The van der Waals surface area contributed by atoms with Crippen molar-refractivity contribution in [1.29, 1.82) is 0 Å². The second kappa shape index (κ2) is 10.2. The largest absolute Gasteiger partial charge is 0.336 e. The molecule has 0 spiro atoms. The molecule has 3 aromatic carbocycles. The molecule has 1 aliphatic heterocycles. The van der Waals surface area contributed by atoms with Crippen molar-refractivity contribution in [3.8, 4) is 22.4 Å². The number of carbonyl (C=O) groups is 1. The molecule has 0 unspecified atom stereocenters. The quantitative estimate of drug-likeness (QED) is 0.292. The Hall–Kier alpha value is -4.29. The number of amides is 1. The lowest BCUT2D eigenvalue weighted by Gasteiger charge is -2.34. The number of fused-ring (bicyclic) bond motifs is 1. The molecular formula is C32H29FN4O. The highest BCUT2D eigenvalue weighted by atomic mass is 19.1. The highest BCUT2D eigenvalue weighted by molar-refractivity contribution is 5.94. The maximum Gasteiger partial charge on any atom is 0.253 e. The average Bonchev–Trinajstić information content (AvgIpc) is 3.32. The molecule has 1 aliphatic rings. The second-order valence-corrected chi connectivity index (χ2v) is 9.86. The smallest absolute Gasteiger partial charge is 0.253 e. The molecule has 0 saturated carbocycles. The number of rotatable bonds is 5. The van der Waals surface area contributed by atoms with E-state index in [-0.39, 0.29) is 11.7 Å². The maximum absolute atomic E-state index is 13.3.